The summed E-state index contributed by atoms with van der Waals surface area (Å²) in [7, 11) is 0. The highest BCUT2D eigenvalue weighted by molar-refractivity contribution is 9.18. The third kappa shape index (κ3) is 16.8. The number of alkyl halides is 3. The van der Waals surface area contributed by atoms with E-state index in [-0.39, 0.29) is 4.69 Å². The van der Waals surface area contributed by atoms with Gasteiger partial charge in [-0.15, -0.1) is 0 Å². The number of carbonyl (C=O) groups excluding carboxylic acids is 1. The summed E-state index contributed by atoms with van der Waals surface area (Å²) in [5, 5.41) is 0. The summed E-state index contributed by atoms with van der Waals surface area (Å²) in [6.07, 6.45) is 16.5. The lowest BCUT2D eigenvalue weighted by molar-refractivity contribution is -0.110. The molecule has 0 fully saturated rings. The van der Waals surface area contributed by atoms with E-state index in [1.807, 2.05) is 0 Å². The van der Waals surface area contributed by atoms with E-state index in [1.165, 1.54) is 51.4 Å². The van der Waals surface area contributed by atoms with Crippen molar-refractivity contribution in [2.75, 3.05) is 0 Å². The van der Waals surface area contributed by atoms with Gasteiger partial charge in [-0.1, -0.05) is 99.7 Å². The van der Waals surface area contributed by atoms with Crippen molar-refractivity contribution < 1.29 is 4.79 Å². The van der Waals surface area contributed by atoms with Gasteiger partial charge in [-0.2, -0.15) is 0 Å². The second kappa shape index (κ2) is 17.0. The average Bonchev–Trinajstić information content (AvgIpc) is 2.50. The Hall–Kier alpha value is 1.59. The molecule has 0 spiro atoms. The molecule has 0 amide bonds. The van der Waals surface area contributed by atoms with Gasteiger partial charge in [0.25, 0.3) is 0 Å². The second-order valence-electron chi connectivity index (χ2n) is 6.18. The maximum atomic E-state index is 10.8. The molecule has 0 saturated carbocycles. The summed E-state index contributed by atoms with van der Waals surface area (Å²) >= 11 is 14.4. The number of halogens is 4. The maximum absolute atomic E-state index is 10.8. The SMILES string of the molecule is CCCCC[CH]C(Br)CC(Br)C(Br)CCCCCCCC(=O)Br. The van der Waals surface area contributed by atoms with E-state index in [1.54, 1.807) is 0 Å². The molecule has 0 aliphatic carbocycles. The number of carbonyl (C=O) groups is 1. The van der Waals surface area contributed by atoms with E-state index in [9.17, 15) is 4.79 Å². The van der Waals surface area contributed by atoms with E-state index in [0.29, 0.717) is 20.9 Å². The van der Waals surface area contributed by atoms with Crippen LogP contribution in [-0.4, -0.2) is 19.2 Å². The Bertz CT molecular complexity index is 286. The van der Waals surface area contributed by atoms with Crippen LogP contribution in [0.4, 0.5) is 0 Å². The van der Waals surface area contributed by atoms with Crippen LogP contribution in [0.5, 0.6) is 0 Å². The smallest absolute Gasteiger partial charge is 0.197 e. The molecule has 137 valence electrons. The van der Waals surface area contributed by atoms with Crippen LogP contribution >= 0.6 is 63.7 Å². The molecule has 0 saturated heterocycles. The second-order valence-corrected chi connectivity index (χ2v) is 10.6. The van der Waals surface area contributed by atoms with Crippen LogP contribution in [0.2, 0.25) is 0 Å². The molecular formula is C18H31Br4O. The quantitative estimate of drug-likeness (QED) is 0.102. The number of unbranched alkanes of at least 4 members (excludes halogenated alkanes) is 7. The van der Waals surface area contributed by atoms with Gasteiger partial charge in [-0.25, -0.2) is 0 Å². The highest BCUT2D eigenvalue weighted by atomic mass is 79.9. The molecule has 1 nitrogen and oxygen atoms in total. The normalized spacial score (nSPS) is 15.3. The molecule has 0 N–H and O–H groups in total. The summed E-state index contributed by atoms with van der Waals surface area (Å²) in [5.74, 6) is 0. The zero-order valence-corrected chi connectivity index (χ0v) is 20.6. The minimum Gasteiger partial charge on any atom is -0.287 e. The van der Waals surface area contributed by atoms with Gasteiger partial charge >= 0.3 is 0 Å². The molecule has 0 bridgehead atoms. The van der Waals surface area contributed by atoms with E-state index in [2.05, 4.69) is 77.1 Å². The first-order valence-electron chi connectivity index (χ1n) is 8.91. The highest BCUT2D eigenvalue weighted by Gasteiger charge is 2.19. The number of hydrogen-bond acceptors (Lipinski definition) is 1. The van der Waals surface area contributed by atoms with Crippen molar-refractivity contribution in [1.82, 2.24) is 0 Å². The summed E-state index contributed by atoms with van der Waals surface area (Å²) in [5.41, 5.74) is 0. The monoisotopic (exact) mass is 579 g/mol. The number of rotatable bonds is 16. The first kappa shape index (κ1) is 24.6. The van der Waals surface area contributed by atoms with Crippen LogP contribution in [0.25, 0.3) is 0 Å². The average molecular weight is 583 g/mol. The fourth-order valence-electron chi connectivity index (χ4n) is 2.47. The molecule has 0 aliphatic heterocycles. The molecule has 0 heterocycles. The zero-order valence-electron chi connectivity index (χ0n) is 14.2. The van der Waals surface area contributed by atoms with Gasteiger partial charge in [-0.05, 0) is 48.0 Å². The van der Waals surface area contributed by atoms with Gasteiger partial charge in [0, 0.05) is 20.9 Å². The molecule has 23 heavy (non-hydrogen) atoms. The van der Waals surface area contributed by atoms with Crippen LogP contribution in [-0.2, 0) is 4.79 Å². The third-order valence-electron chi connectivity index (χ3n) is 3.93. The first-order valence-corrected chi connectivity index (χ1v) is 12.4. The fraction of sp³-hybridized carbons (Fsp3) is 0.889. The Morgan fingerprint density at radius 1 is 0.913 bits per heavy atom. The molecule has 1 radical (unpaired) electrons. The summed E-state index contributed by atoms with van der Waals surface area (Å²) in [6.45, 7) is 2.25. The van der Waals surface area contributed by atoms with Crippen molar-refractivity contribution in [3.05, 3.63) is 6.42 Å². The zero-order chi connectivity index (χ0) is 17.5. The van der Waals surface area contributed by atoms with Crippen molar-refractivity contribution in [2.24, 2.45) is 0 Å². The first-order chi connectivity index (χ1) is 11.0. The van der Waals surface area contributed by atoms with E-state index >= 15 is 0 Å². The topological polar surface area (TPSA) is 17.1 Å². The molecule has 0 aromatic rings. The number of hydrogen-bond donors (Lipinski definition) is 0. The van der Waals surface area contributed by atoms with Gasteiger partial charge in [0.1, 0.15) is 0 Å². The van der Waals surface area contributed by atoms with Gasteiger partial charge in [0.05, 0.1) is 0 Å². The van der Waals surface area contributed by atoms with Crippen LogP contribution in [0.15, 0.2) is 0 Å². The molecule has 0 aromatic carbocycles. The minimum atomic E-state index is 0.135. The van der Waals surface area contributed by atoms with Crippen LogP contribution < -0.4 is 0 Å². The lowest BCUT2D eigenvalue weighted by Crippen LogP contribution is -2.18. The Labute approximate surface area is 177 Å². The van der Waals surface area contributed by atoms with Gasteiger partial charge in [0.2, 0.25) is 0 Å². The van der Waals surface area contributed by atoms with Crippen LogP contribution in [0, 0.1) is 6.42 Å². The van der Waals surface area contributed by atoms with Gasteiger partial charge in [-0.3, -0.25) is 4.79 Å². The Kier molecular flexibility index (Phi) is 18.2. The lowest BCUT2D eigenvalue weighted by Gasteiger charge is -2.19. The van der Waals surface area contributed by atoms with Crippen molar-refractivity contribution in [2.45, 2.75) is 98.5 Å². The molecular weight excluding hydrogens is 552 g/mol. The molecule has 0 rings (SSSR count). The van der Waals surface area contributed by atoms with Gasteiger partial charge < -0.3 is 0 Å². The highest BCUT2D eigenvalue weighted by Crippen LogP contribution is 2.28. The van der Waals surface area contributed by atoms with E-state index < -0.39 is 0 Å². The third-order valence-corrected chi connectivity index (χ3v) is 7.89. The van der Waals surface area contributed by atoms with Crippen molar-refractivity contribution in [3.63, 3.8) is 0 Å². The Morgan fingerprint density at radius 3 is 2.22 bits per heavy atom. The van der Waals surface area contributed by atoms with Crippen molar-refractivity contribution >= 4 is 68.4 Å². The molecule has 5 heteroatoms. The summed E-state index contributed by atoms with van der Waals surface area (Å²) in [4.78, 5) is 12.3. The Morgan fingerprint density at radius 2 is 1.57 bits per heavy atom. The van der Waals surface area contributed by atoms with Crippen molar-refractivity contribution in [3.8, 4) is 0 Å². The molecule has 0 aliphatic rings. The summed E-state index contributed by atoms with van der Waals surface area (Å²) < 4.78 is 0.135. The van der Waals surface area contributed by atoms with Crippen LogP contribution in [0.3, 0.4) is 0 Å². The van der Waals surface area contributed by atoms with E-state index in [4.69, 9.17) is 0 Å². The molecule has 0 aromatic heterocycles. The van der Waals surface area contributed by atoms with Crippen molar-refractivity contribution in [1.29, 1.82) is 0 Å². The minimum absolute atomic E-state index is 0.135. The molecule has 3 unspecified atom stereocenters. The predicted octanol–water partition coefficient (Wildman–Crippen LogP) is 8.10. The Balaban J connectivity index is 3.57. The van der Waals surface area contributed by atoms with E-state index in [0.717, 1.165) is 19.3 Å². The van der Waals surface area contributed by atoms with Gasteiger partial charge in [0.15, 0.2) is 4.69 Å². The summed E-state index contributed by atoms with van der Waals surface area (Å²) in [6, 6.07) is 0. The predicted molar refractivity (Wildman–Crippen MR) is 117 cm³/mol. The molecule has 3 atom stereocenters. The lowest BCUT2D eigenvalue weighted by atomic mass is 10.0. The largest absolute Gasteiger partial charge is 0.287 e. The van der Waals surface area contributed by atoms with Crippen LogP contribution in [0.1, 0.15) is 84.0 Å². The maximum Gasteiger partial charge on any atom is 0.197 e. The standard InChI is InChI=1S/C18H31Br4O/c1-2-3-4-8-11-15(19)14-17(21)16(20)12-9-6-5-7-10-13-18(22)23/h11,15-17H,2-10,12-14H2,1H3. The fourth-order valence-corrected chi connectivity index (χ4v) is 5.12.